The molecule has 3 nitrogen and oxygen atoms in total. The Kier molecular flexibility index (Phi) is 3.14. The zero-order valence-corrected chi connectivity index (χ0v) is 10.0. The molecule has 0 amide bonds. The summed E-state index contributed by atoms with van der Waals surface area (Å²) < 4.78 is 18.9. The number of hydrogen-bond acceptors (Lipinski definition) is 3. The summed E-state index contributed by atoms with van der Waals surface area (Å²) in [5.41, 5.74) is 0.809. The second kappa shape index (κ2) is 4.57. The molecular formula is C11H8BrFN2O. The molecule has 0 saturated carbocycles. The Bertz CT molecular complexity index is 519. The number of halogens is 2. The first-order valence-electron chi connectivity index (χ1n) is 4.57. The minimum absolute atomic E-state index is 0.321. The summed E-state index contributed by atoms with van der Waals surface area (Å²) in [5, 5.41) is 0. The summed E-state index contributed by atoms with van der Waals surface area (Å²) >= 11 is 3.21. The number of aromatic nitrogens is 2. The maximum absolute atomic E-state index is 12.8. The van der Waals surface area contributed by atoms with Crippen LogP contribution in [0.5, 0.6) is 11.6 Å². The first-order chi connectivity index (χ1) is 7.65. The zero-order valence-electron chi connectivity index (χ0n) is 8.45. The van der Waals surface area contributed by atoms with Gasteiger partial charge in [-0.1, -0.05) is 0 Å². The van der Waals surface area contributed by atoms with Gasteiger partial charge in [0.05, 0.1) is 4.47 Å². The van der Waals surface area contributed by atoms with Crippen LogP contribution in [0.4, 0.5) is 4.39 Å². The highest BCUT2D eigenvalue weighted by Gasteiger charge is 2.05. The summed E-state index contributed by atoms with van der Waals surface area (Å²) in [7, 11) is 0. The van der Waals surface area contributed by atoms with Gasteiger partial charge >= 0.3 is 0 Å². The van der Waals surface area contributed by atoms with Crippen molar-refractivity contribution in [2.45, 2.75) is 6.92 Å². The predicted molar refractivity (Wildman–Crippen MR) is 60.9 cm³/mol. The van der Waals surface area contributed by atoms with Gasteiger partial charge in [0.25, 0.3) is 0 Å². The van der Waals surface area contributed by atoms with Crippen molar-refractivity contribution in [1.82, 2.24) is 9.97 Å². The molecule has 2 aromatic rings. The van der Waals surface area contributed by atoms with Crippen molar-refractivity contribution in [3.8, 4) is 11.6 Å². The van der Waals surface area contributed by atoms with E-state index in [0.29, 0.717) is 16.1 Å². The van der Waals surface area contributed by atoms with E-state index in [9.17, 15) is 4.39 Å². The Labute approximate surface area is 100 Å². The lowest BCUT2D eigenvalue weighted by atomic mass is 10.3. The van der Waals surface area contributed by atoms with Crippen LogP contribution in [0.25, 0.3) is 0 Å². The van der Waals surface area contributed by atoms with Crippen LogP contribution < -0.4 is 4.74 Å². The maximum Gasteiger partial charge on any atom is 0.222 e. The summed E-state index contributed by atoms with van der Waals surface area (Å²) in [6.07, 6.45) is 1.42. The molecule has 0 spiro atoms. The number of aryl methyl sites for hydroxylation is 1. The number of benzene rings is 1. The molecule has 16 heavy (non-hydrogen) atoms. The Hall–Kier alpha value is -1.49. The molecule has 0 aliphatic heterocycles. The second-order valence-corrected chi connectivity index (χ2v) is 4.03. The van der Waals surface area contributed by atoms with E-state index in [1.165, 1.54) is 24.5 Å². The number of nitrogens with zero attached hydrogens (tertiary/aromatic N) is 2. The standard InChI is InChI=1S/C11H8BrFN2O/c1-7-4-11(15-6-14-7)16-10-3-2-8(13)5-9(10)12/h2-6H,1H3. The van der Waals surface area contributed by atoms with Crippen molar-refractivity contribution >= 4 is 15.9 Å². The monoisotopic (exact) mass is 282 g/mol. The number of ether oxygens (including phenoxy) is 1. The SMILES string of the molecule is Cc1cc(Oc2ccc(F)cc2Br)ncn1. The molecule has 5 heteroatoms. The van der Waals surface area contributed by atoms with E-state index < -0.39 is 0 Å². The largest absolute Gasteiger partial charge is 0.438 e. The molecule has 0 bridgehead atoms. The first kappa shape index (κ1) is 11.0. The predicted octanol–water partition coefficient (Wildman–Crippen LogP) is 3.48. The van der Waals surface area contributed by atoms with Crippen molar-refractivity contribution in [2.24, 2.45) is 0 Å². The van der Waals surface area contributed by atoms with Crippen LogP contribution in [0.15, 0.2) is 35.1 Å². The van der Waals surface area contributed by atoms with E-state index in [2.05, 4.69) is 25.9 Å². The van der Waals surface area contributed by atoms with Crippen LogP contribution in [0, 0.1) is 12.7 Å². The van der Waals surface area contributed by atoms with Crippen LogP contribution in [-0.4, -0.2) is 9.97 Å². The molecule has 1 heterocycles. The molecule has 2 rings (SSSR count). The van der Waals surface area contributed by atoms with Crippen molar-refractivity contribution in [3.63, 3.8) is 0 Å². The lowest BCUT2D eigenvalue weighted by Crippen LogP contribution is -1.91. The maximum atomic E-state index is 12.8. The lowest BCUT2D eigenvalue weighted by Gasteiger charge is -2.06. The molecule has 0 saturated heterocycles. The highest BCUT2D eigenvalue weighted by atomic mass is 79.9. The van der Waals surface area contributed by atoms with Gasteiger partial charge in [0.1, 0.15) is 17.9 Å². The van der Waals surface area contributed by atoms with Gasteiger partial charge in [0, 0.05) is 11.8 Å². The van der Waals surface area contributed by atoms with E-state index >= 15 is 0 Å². The zero-order chi connectivity index (χ0) is 11.5. The highest BCUT2D eigenvalue weighted by molar-refractivity contribution is 9.10. The normalized spacial score (nSPS) is 10.2. The molecule has 82 valence electrons. The lowest BCUT2D eigenvalue weighted by molar-refractivity contribution is 0.456. The van der Waals surface area contributed by atoms with E-state index in [0.717, 1.165) is 5.69 Å². The van der Waals surface area contributed by atoms with Gasteiger partial charge in [-0.15, -0.1) is 0 Å². The van der Waals surface area contributed by atoms with Gasteiger partial charge in [0.2, 0.25) is 5.88 Å². The van der Waals surface area contributed by atoms with Gasteiger partial charge in [-0.2, -0.15) is 0 Å². The van der Waals surface area contributed by atoms with Gasteiger partial charge in [-0.3, -0.25) is 0 Å². The van der Waals surface area contributed by atoms with Gasteiger partial charge < -0.3 is 4.74 Å². The quantitative estimate of drug-likeness (QED) is 0.846. The third-order valence-corrected chi connectivity index (χ3v) is 2.51. The molecule has 0 aliphatic carbocycles. The van der Waals surface area contributed by atoms with Gasteiger partial charge in [-0.25, -0.2) is 14.4 Å². The average molecular weight is 283 g/mol. The molecule has 0 aliphatic rings. The third-order valence-electron chi connectivity index (χ3n) is 1.89. The fraction of sp³-hybridized carbons (Fsp3) is 0.0909. The second-order valence-electron chi connectivity index (χ2n) is 3.17. The number of hydrogen-bond donors (Lipinski definition) is 0. The Morgan fingerprint density at radius 3 is 2.75 bits per heavy atom. The Morgan fingerprint density at radius 1 is 1.25 bits per heavy atom. The number of rotatable bonds is 2. The van der Waals surface area contributed by atoms with Crippen LogP contribution >= 0.6 is 15.9 Å². The van der Waals surface area contributed by atoms with Gasteiger partial charge in [-0.05, 0) is 41.1 Å². The Balaban J connectivity index is 2.27. The molecule has 1 aromatic heterocycles. The third kappa shape index (κ3) is 2.55. The van der Waals surface area contributed by atoms with Crippen LogP contribution in [0.3, 0.4) is 0 Å². The molecular weight excluding hydrogens is 275 g/mol. The van der Waals surface area contributed by atoms with E-state index in [1.807, 2.05) is 6.92 Å². The van der Waals surface area contributed by atoms with Crippen molar-refractivity contribution in [1.29, 1.82) is 0 Å². The molecule has 0 radical (unpaired) electrons. The van der Waals surface area contributed by atoms with Crippen molar-refractivity contribution < 1.29 is 9.13 Å². The minimum Gasteiger partial charge on any atom is -0.438 e. The molecule has 0 N–H and O–H groups in total. The Morgan fingerprint density at radius 2 is 2.06 bits per heavy atom. The molecule has 0 unspecified atom stereocenters. The van der Waals surface area contributed by atoms with Crippen LogP contribution in [-0.2, 0) is 0 Å². The first-order valence-corrected chi connectivity index (χ1v) is 5.36. The van der Waals surface area contributed by atoms with E-state index in [-0.39, 0.29) is 5.82 Å². The van der Waals surface area contributed by atoms with Crippen LogP contribution in [0.2, 0.25) is 0 Å². The van der Waals surface area contributed by atoms with Crippen molar-refractivity contribution in [3.05, 3.63) is 46.6 Å². The van der Waals surface area contributed by atoms with Crippen LogP contribution in [0.1, 0.15) is 5.69 Å². The van der Waals surface area contributed by atoms with E-state index in [4.69, 9.17) is 4.74 Å². The topological polar surface area (TPSA) is 35.0 Å². The summed E-state index contributed by atoms with van der Waals surface area (Å²) in [4.78, 5) is 7.91. The molecule has 0 fully saturated rings. The molecule has 0 atom stereocenters. The fourth-order valence-electron chi connectivity index (χ4n) is 1.16. The average Bonchev–Trinajstić information content (AvgIpc) is 2.22. The minimum atomic E-state index is -0.321. The fourth-order valence-corrected chi connectivity index (χ4v) is 1.59. The molecule has 1 aromatic carbocycles. The smallest absolute Gasteiger partial charge is 0.222 e. The van der Waals surface area contributed by atoms with Gasteiger partial charge in [0.15, 0.2) is 0 Å². The highest BCUT2D eigenvalue weighted by Crippen LogP contribution is 2.29. The summed E-state index contributed by atoms with van der Waals surface area (Å²) in [6.45, 7) is 1.84. The summed E-state index contributed by atoms with van der Waals surface area (Å²) in [5.74, 6) is 0.623. The summed E-state index contributed by atoms with van der Waals surface area (Å²) in [6, 6.07) is 5.91. The van der Waals surface area contributed by atoms with E-state index in [1.54, 1.807) is 6.07 Å². The van der Waals surface area contributed by atoms with Crippen molar-refractivity contribution in [2.75, 3.05) is 0 Å².